The van der Waals surface area contributed by atoms with Gasteiger partial charge in [0.25, 0.3) is 0 Å². The first kappa shape index (κ1) is 13.4. The molecule has 3 heteroatoms. The molecule has 0 radical (unpaired) electrons. The van der Waals surface area contributed by atoms with Crippen LogP contribution in [0, 0.1) is 0 Å². The molecular formula is C14H18BrClO. The predicted octanol–water partition coefficient (Wildman–Crippen LogP) is 4.73. The van der Waals surface area contributed by atoms with E-state index in [-0.39, 0.29) is 0 Å². The van der Waals surface area contributed by atoms with Gasteiger partial charge in [0.1, 0.15) is 0 Å². The summed E-state index contributed by atoms with van der Waals surface area (Å²) in [5.41, 5.74) is 1.31. The zero-order valence-electron chi connectivity index (χ0n) is 10.0. The summed E-state index contributed by atoms with van der Waals surface area (Å²) in [6.07, 6.45) is 4.19. The number of benzene rings is 1. The highest BCUT2D eigenvalue weighted by atomic mass is 79.9. The van der Waals surface area contributed by atoms with Gasteiger partial charge < -0.3 is 4.74 Å². The van der Waals surface area contributed by atoms with Crippen LogP contribution in [0.1, 0.15) is 37.7 Å². The van der Waals surface area contributed by atoms with Gasteiger partial charge in [-0.1, -0.05) is 28.1 Å². The van der Waals surface area contributed by atoms with Crippen molar-refractivity contribution in [2.45, 2.75) is 44.3 Å². The lowest BCUT2D eigenvalue weighted by atomic mass is 9.94. The molecule has 3 atom stereocenters. The lowest BCUT2D eigenvalue weighted by molar-refractivity contribution is 0.0478. The molecule has 94 valence electrons. The van der Waals surface area contributed by atoms with Gasteiger partial charge in [0.05, 0.1) is 12.2 Å². The van der Waals surface area contributed by atoms with Gasteiger partial charge in [-0.3, -0.25) is 0 Å². The minimum atomic E-state index is 0.386. The molecule has 1 heterocycles. The van der Waals surface area contributed by atoms with Crippen molar-refractivity contribution in [3.8, 4) is 0 Å². The largest absolute Gasteiger partial charge is 0.375 e. The van der Waals surface area contributed by atoms with Crippen molar-refractivity contribution in [2.75, 3.05) is 5.88 Å². The zero-order chi connectivity index (χ0) is 12.3. The van der Waals surface area contributed by atoms with E-state index in [0.717, 1.165) is 10.9 Å². The summed E-state index contributed by atoms with van der Waals surface area (Å²) < 4.78 is 6.98. The molecule has 2 rings (SSSR count). The fourth-order valence-corrected chi connectivity index (χ4v) is 2.97. The van der Waals surface area contributed by atoms with E-state index in [4.69, 9.17) is 16.3 Å². The van der Waals surface area contributed by atoms with Crippen LogP contribution in [0.15, 0.2) is 28.7 Å². The monoisotopic (exact) mass is 316 g/mol. The number of halogens is 2. The smallest absolute Gasteiger partial charge is 0.0586 e. The van der Waals surface area contributed by atoms with Gasteiger partial charge in [-0.15, -0.1) is 11.6 Å². The van der Waals surface area contributed by atoms with Crippen LogP contribution >= 0.6 is 27.5 Å². The molecule has 0 spiro atoms. The second-order valence-electron chi connectivity index (χ2n) is 4.78. The second-order valence-corrected chi connectivity index (χ2v) is 6.01. The molecule has 1 aromatic rings. The fraction of sp³-hybridized carbons (Fsp3) is 0.571. The lowest BCUT2D eigenvalue weighted by Crippen LogP contribution is -2.14. The molecule has 1 saturated heterocycles. The van der Waals surface area contributed by atoms with Crippen molar-refractivity contribution in [1.29, 1.82) is 0 Å². The summed E-state index contributed by atoms with van der Waals surface area (Å²) >= 11 is 9.54. The summed E-state index contributed by atoms with van der Waals surface area (Å²) in [4.78, 5) is 0. The van der Waals surface area contributed by atoms with Gasteiger partial charge >= 0.3 is 0 Å². The van der Waals surface area contributed by atoms with Crippen LogP contribution in [0.2, 0.25) is 0 Å². The molecule has 0 aromatic heterocycles. The van der Waals surface area contributed by atoms with E-state index in [0.29, 0.717) is 24.0 Å². The Balaban J connectivity index is 1.98. The van der Waals surface area contributed by atoms with E-state index in [1.165, 1.54) is 18.4 Å². The van der Waals surface area contributed by atoms with Crippen LogP contribution in [0.5, 0.6) is 0 Å². The first-order chi connectivity index (χ1) is 8.19. The van der Waals surface area contributed by atoms with Crippen molar-refractivity contribution >= 4 is 27.5 Å². The average molecular weight is 318 g/mol. The number of alkyl halides is 1. The van der Waals surface area contributed by atoms with Gasteiger partial charge in [0.2, 0.25) is 0 Å². The van der Waals surface area contributed by atoms with E-state index in [9.17, 15) is 0 Å². The van der Waals surface area contributed by atoms with Crippen LogP contribution in [0.25, 0.3) is 0 Å². The van der Waals surface area contributed by atoms with E-state index in [2.05, 4.69) is 47.1 Å². The molecule has 0 N–H and O–H groups in total. The standard InChI is InChI=1S/C14H18BrClO/c1-10-2-7-14(17-10)8-12(9-16)11-3-5-13(15)6-4-11/h3-6,10,12,14H,2,7-9H2,1H3. The second kappa shape index (κ2) is 6.21. The molecule has 0 amide bonds. The van der Waals surface area contributed by atoms with Gasteiger partial charge in [0, 0.05) is 10.4 Å². The van der Waals surface area contributed by atoms with Crippen LogP contribution in [0.4, 0.5) is 0 Å². The SMILES string of the molecule is CC1CCC(CC(CCl)c2ccc(Br)cc2)O1. The van der Waals surface area contributed by atoms with Crippen molar-refractivity contribution < 1.29 is 4.74 Å². The molecule has 1 nitrogen and oxygen atoms in total. The third-order valence-electron chi connectivity index (χ3n) is 3.40. The Morgan fingerprint density at radius 3 is 2.59 bits per heavy atom. The first-order valence-corrected chi connectivity index (χ1v) is 7.48. The Labute approximate surface area is 117 Å². The lowest BCUT2D eigenvalue weighted by Gasteiger charge is -2.19. The van der Waals surface area contributed by atoms with Crippen LogP contribution in [-0.4, -0.2) is 18.1 Å². The molecule has 1 fully saturated rings. The van der Waals surface area contributed by atoms with E-state index in [1.54, 1.807) is 0 Å². The van der Waals surface area contributed by atoms with Crippen molar-refractivity contribution in [1.82, 2.24) is 0 Å². The Morgan fingerprint density at radius 2 is 2.06 bits per heavy atom. The fourth-order valence-electron chi connectivity index (χ4n) is 2.40. The molecule has 0 bridgehead atoms. The number of hydrogen-bond donors (Lipinski definition) is 0. The maximum Gasteiger partial charge on any atom is 0.0586 e. The highest BCUT2D eigenvalue weighted by Gasteiger charge is 2.25. The molecule has 0 aliphatic carbocycles. The number of ether oxygens (including phenoxy) is 1. The van der Waals surface area contributed by atoms with E-state index < -0.39 is 0 Å². The van der Waals surface area contributed by atoms with Crippen LogP contribution in [-0.2, 0) is 4.74 Å². The maximum absolute atomic E-state index is 6.09. The average Bonchev–Trinajstić information content (AvgIpc) is 2.73. The van der Waals surface area contributed by atoms with Crippen molar-refractivity contribution in [2.24, 2.45) is 0 Å². The number of rotatable bonds is 4. The summed E-state index contributed by atoms with van der Waals surface area (Å²) in [6.45, 7) is 2.15. The molecule has 17 heavy (non-hydrogen) atoms. The first-order valence-electron chi connectivity index (χ1n) is 6.16. The number of hydrogen-bond acceptors (Lipinski definition) is 1. The third kappa shape index (κ3) is 3.70. The Kier molecular flexibility index (Phi) is 4.89. The topological polar surface area (TPSA) is 9.23 Å². The van der Waals surface area contributed by atoms with Crippen molar-refractivity contribution in [3.05, 3.63) is 34.3 Å². The third-order valence-corrected chi connectivity index (χ3v) is 4.30. The van der Waals surface area contributed by atoms with Gasteiger partial charge in [-0.05, 0) is 49.8 Å². The van der Waals surface area contributed by atoms with Crippen molar-refractivity contribution in [3.63, 3.8) is 0 Å². The zero-order valence-corrected chi connectivity index (χ0v) is 12.4. The maximum atomic E-state index is 6.09. The van der Waals surface area contributed by atoms with Crippen LogP contribution in [0.3, 0.4) is 0 Å². The van der Waals surface area contributed by atoms with E-state index >= 15 is 0 Å². The van der Waals surface area contributed by atoms with E-state index in [1.807, 2.05) is 0 Å². The molecule has 1 aromatic carbocycles. The Morgan fingerprint density at radius 1 is 1.35 bits per heavy atom. The van der Waals surface area contributed by atoms with Gasteiger partial charge in [-0.2, -0.15) is 0 Å². The highest BCUT2D eigenvalue weighted by Crippen LogP contribution is 2.30. The highest BCUT2D eigenvalue weighted by molar-refractivity contribution is 9.10. The summed E-state index contributed by atoms with van der Waals surface area (Å²) in [6, 6.07) is 8.45. The summed E-state index contributed by atoms with van der Waals surface area (Å²) in [5, 5.41) is 0. The molecule has 3 unspecified atom stereocenters. The Bertz CT molecular complexity index is 352. The molecule has 1 aliphatic heterocycles. The molecule has 1 aliphatic rings. The molecular weight excluding hydrogens is 300 g/mol. The summed E-state index contributed by atoms with van der Waals surface area (Å²) in [5.74, 6) is 1.07. The Hall–Kier alpha value is -0.0500. The van der Waals surface area contributed by atoms with Gasteiger partial charge in [-0.25, -0.2) is 0 Å². The van der Waals surface area contributed by atoms with Crippen LogP contribution < -0.4 is 0 Å². The summed E-state index contributed by atoms with van der Waals surface area (Å²) in [7, 11) is 0. The minimum Gasteiger partial charge on any atom is -0.375 e. The predicted molar refractivity (Wildman–Crippen MR) is 75.8 cm³/mol. The molecule has 0 saturated carbocycles. The normalized spacial score (nSPS) is 26.1. The minimum absolute atomic E-state index is 0.386. The quantitative estimate of drug-likeness (QED) is 0.730. The van der Waals surface area contributed by atoms with Gasteiger partial charge in [0.15, 0.2) is 0 Å².